The third-order valence-electron chi connectivity index (χ3n) is 5.37. The summed E-state index contributed by atoms with van der Waals surface area (Å²) < 4.78 is 12.7. The molecule has 0 aliphatic carbocycles. The molecule has 2 heterocycles. The van der Waals surface area contributed by atoms with Gasteiger partial charge in [-0.15, -0.1) is 11.3 Å². The van der Waals surface area contributed by atoms with Gasteiger partial charge in [-0.3, -0.25) is 14.0 Å². The molecule has 3 aromatic carbocycles. The average molecular weight is 499 g/mol. The van der Waals surface area contributed by atoms with Gasteiger partial charge >= 0.3 is 0 Å². The lowest BCUT2D eigenvalue weighted by Crippen LogP contribution is -2.20. The van der Waals surface area contributed by atoms with E-state index in [0.717, 1.165) is 16.2 Å². The molecule has 0 fully saturated rings. The number of benzene rings is 3. The first-order valence-corrected chi connectivity index (χ1v) is 12.0. The molecular formula is C27H22N4O4S. The van der Waals surface area contributed by atoms with E-state index in [-0.39, 0.29) is 18.4 Å². The molecule has 8 nitrogen and oxygen atoms in total. The van der Waals surface area contributed by atoms with Gasteiger partial charge < -0.3 is 20.1 Å². The van der Waals surface area contributed by atoms with Crippen molar-refractivity contribution in [1.82, 2.24) is 9.38 Å². The molecule has 0 spiro atoms. The van der Waals surface area contributed by atoms with Gasteiger partial charge in [0.25, 0.3) is 11.8 Å². The van der Waals surface area contributed by atoms with Gasteiger partial charge in [0.15, 0.2) is 11.6 Å². The monoisotopic (exact) mass is 498 g/mol. The van der Waals surface area contributed by atoms with Crippen molar-refractivity contribution >= 4 is 39.5 Å². The van der Waals surface area contributed by atoms with Crippen LogP contribution in [0.2, 0.25) is 0 Å². The van der Waals surface area contributed by atoms with Crippen LogP contribution >= 0.6 is 11.3 Å². The van der Waals surface area contributed by atoms with Crippen molar-refractivity contribution in [3.8, 4) is 22.8 Å². The number of anilines is 2. The quantitative estimate of drug-likeness (QED) is 0.301. The highest BCUT2D eigenvalue weighted by Gasteiger charge is 2.10. The second kappa shape index (κ2) is 10.3. The van der Waals surface area contributed by atoms with E-state index in [2.05, 4.69) is 15.6 Å². The largest absolute Gasteiger partial charge is 0.497 e. The number of imidazole rings is 1. The van der Waals surface area contributed by atoms with E-state index in [1.54, 1.807) is 67.0 Å². The van der Waals surface area contributed by atoms with Gasteiger partial charge in [-0.05, 0) is 48.5 Å². The smallest absolute Gasteiger partial charge is 0.262 e. The van der Waals surface area contributed by atoms with Crippen molar-refractivity contribution in [2.45, 2.75) is 0 Å². The van der Waals surface area contributed by atoms with Crippen LogP contribution in [0.15, 0.2) is 90.6 Å². The number of methoxy groups -OCH3 is 1. The van der Waals surface area contributed by atoms with Crippen molar-refractivity contribution in [1.29, 1.82) is 0 Å². The molecule has 0 aliphatic heterocycles. The highest BCUT2D eigenvalue weighted by Crippen LogP contribution is 2.23. The lowest BCUT2D eigenvalue weighted by Gasteiger charge is -2.09. The number of hydrogen-bond acceptors (Lipinski definition) is 6. The van der Waals surface area contributed by atoms with E-state index >= 15 is 0 Å². The first-order valence-electron chi connectivity index (χ1n) is 11.1. The maximum atomic E-state index is 12.6. The van der Waals surface area contributed by atoms with Gasteiger partial charge in [0.2, 0.25) is 0 Å². The fraction of sp³-hybridized carbons (Fsp3) is 0.0741. The maximum Gasteiger partial charge on any atom is 0.262 e. The summed E-state index contributed by atoms with van der Waals surface area (Å²) in [5, 5.41) is 7.63. The molecule has 2 amide bonds. The Balaban J connectivity index is 1.13. The number of nitrogens with one attached hydrogen (secondary N) is 2. The van der Waals surface area contributed by atoms with E-state index in [0.29, 0.717) is 28.4 Å². The van der Waals surface area contributed by atoms with Gasteiger partial charge in [-0.1, -0.05) is 18.2 Å². The Hall–Kier alpha value is -4.63. The van der Waals surface area contributed by atoms with Crippen LogP contribution in [-0.2, 0) is 4.79 Å². The third kappa shape index (κ3) is 5.37. The van der Waals surface area contributed by atoms with Crippen LogP contribution < -0.4 is 20.1 Å². The van der Waals surface area contributed by atoms with Crippen LogP contribution in [0.25, 0.3) is 16.2 Å². The van der Waals surface area contributed by atoms with Gasteiger partial charge in [-0.2, -0.15) is 0 Å². The number of thiazole rings is 1. The number of nitrogens with zero attached hydrogens (tertiary/aromatic N) is 2. The van der Waals surface area contributed by atoms with Crippen LogP contribution in [-0.4, -0.2) is 34.9 Å². The molecular weight excluding hydrogens is 476 g/mol. The second-order valence-electron chi connectivity index (χ2n) is 7.84. The van der Waals surface area contributed by atoms with Crippen molar-refractivity contribution in [3.05, 3.63) is 96.1 Å². The number of rotatable bonds is 8. The molecule has 9 heteroatoms. The van der Waals surface area contributed by atoms with Crippen LogP contribution in [0, 0.1) is 0 Å². The van der Waals surface area contributed by atoms with Crippen LogP contribution in [0.4, 0.5) is 11.4 Å². The summed E-state index contributed by atoms with van der Waals surface area (Å²) in [7, 11) is 1.56. The average Bonchev–Trinajstić information content (AvgIpc) is 3.51. The van der Waals surface area contributed by atoms with E-state index in [4.69, 9.17) is 9.47 Å². The molecule has 0 saturated heterocycles. The van der Waals surface area contributed by atoms with Gasteiger partial charge in [0, 0.05) is 46.3 Å². The van der Waals surface area contributed by atoms with Gasteiger partial charge in [0.1, 0.15) is 11.5 Å². The highest BCUT2D eigenvalue weighted by atomic mass is 32.1. The summed E-state index contributed by atoms with van der Waals surface area (Å²) in [6, 6.07) is 21.2. The lowest BCUT2D eigenvalue weighted by atomic mass is 10.1. The summed E-state index contributed by atoms with van der Waals surface area (Å²) in [4.78, 5) is 30.3. The minimum Gasteiger partial charge on any atom is -0.497 e. The molecule has 5 rings (SSSR count). The number of carbonyl (C=O) groups excluding carboxylic acids is 2. The SMILES string of the molecule is COc1cccc(NC(=O)COc2ccc(C(=O)Nc3ccc(-c4cn5ccsc5n4)cc3)cc2)c1. The molecule has 0 saturated carbocycles. The Bertz CT molecular complexity index is 1480. The normalized spacial score (nSPS) is 10.7. The minimum absolute atomic E-state index is 0.163. The molecule has 0 unspecified atom stereocenters. The number of carbonyl (C=O) groups is 2. The molecule has 0 radical (unpaired) electrons. The van der Waals surface area contributed by atoms with E-state index in [1.807, 2.05) is 46.4 Å². The molecule has 2 N–H and O–H groups in total. The Morgan fingerprint density at radius 2 is 1.75 bits per heavy atom. The van der Waals surface area contributed by atoms with Gasteiger partial charge in [-0.25, -0.2) is 4.98 Å². The number of ether oxygens (including phenoxy) is 2. The second-order valence-corrected chi connectivity index (χ2v) is 8.72. The molecule has 180 valence electrons. The maximum absolute atomic E-state index is 12.6. The first kappa shape index (κ1) is 23.1. The first-order chi connectivity index (χ1) is 17.6. The Labute approximate surface area is 211 Å². The number of amides is 2. The zero-order valence-corrected chi connectivity index (χ0v) is 20.1. The zero-order valence-electron chi connectivity index (χ0n) is 19.3. The van der Waals surface area contributed by atoms with E-state index < -0.39 is 0 Å². The molecule has 36 heavy (non-hydrogen) atoms. The molecule has 0 bridgehead atoms. The summed E-state index contributed by atoms with van der Waals surface area (Å²) in [6.45, 7) is -0.163. The third-order valence-corrected chi connectivity index (χ3v) is 6.14. The number of aromatic nitrogens is 2. The van der Waals surface area contributed by atoms with E-state index in [1.165, 1.54) is 0 Å². The molecule has 0 atom stereocenters. The summed E-state index contributed by atoms with van der Waals surface area (Å²) in [5.74, 6) is 0.588. The fourth-order valence-corrected chi connectivity index (χ4v) is 4.24. The van der Waals surface area contributed by atoms with Crippen molar-refractivity contribution in [3.63, 3.8) is 0 Å². The summed E-state index contributed by atoms with van der Waals surface area (Å²) in [6.07, 6.45) is 3.95. The van der Waals surface area contributed by atoms with Gasteiger partial charge in [0.05, 0.1) is 12.8 Å². The molecule has 2 aromatic heterocycles. The topological polar surface area (TPSA) is 94.0 Å². The predicted molar refractivity (Wildman–Crippen MR) is 140 cm³/mol. The highest BCUT2D eigenvalue weighted by molar-refractivity contribution is 7.15. The van der Waals surface area contributed by atoms with Crippen LogP contribution in [0.1, 0.15) is 10.4 Å². The lowest BCUT2D eigenvalue weighted by molar-refractivity contribution is -0.118. The standard InChI is InChI=1S/C27H22N4O4S/c1-34-23-4-2-3-21(15-23)28-25(32)17-35-22-11-7-19(8-12-22)26(33)29-20-9-5-18(6-10-20)24-16-31-13-14-36-27(31)30-24/h2-16H,17H2,1H3,(H,28,32)(H,29,33). The number of hydrogen-bond donors (Lipinski definition) is 2. The zero-order chi connectivity index (χ0) is 24.9. The Morgan fingerprint density at radius 1 is 0.944 bits per heavy atom. The summed E-state index contributed by atoms with van der Waals surface area (Å²) >= 11 is 1.58. The summed E-state index contributed by atoms with van der Waals surface area (Å²) in [5.41, 5.74) is 3.63. The van der Waals surface area contributed by atoms with E-state index in [9.17, 15) is 9.59 Å². The Morgan fingerprint density at radius 3 is 2.50 bits per heavy atom. The van der Waals surface area contributed by atoms with Crippen molar-refractivity contribution in [2.75, 3.05) is 24.4 Å². The Kier molecular flexibility index (Phi) is 6.63. The predicted octanol–water partition coefficient (Wildman–Crippen LogP) is 5.34. The number of fused-ring (bicyclic) bond motifs is 1. The molecule has 5 aromatic rings. The van der Waals surface area contributed by atoms with Crippen LogP contribution in [0.5, 0.6) is 11.5 Å². The molecule has 0 aliphatic rings. The minimum atomic E-state index is -0.302. The fourth-order valence-electron chi connectivity index (χ4n) is 3.54. The van der Waals surface area contributed by atoms with Crippen molar-refractivity contribution in [2.24, 2.45) is 0 Å². The van der Waals surface area contributed by atoms with Crippen LogP contribution in [0.3, 0.4) is 0 Å². The van der Waals surface area contributed by atoms with Crippen molar-refractivity contribution < 1.29 is 19.1 Å².